The highest BCUT2D eigenvalue weighted by Crippen LogP contribution is 2.19. The summed E-state index contributed by atoms with van der Waals surface area (Å²) >= 11 is 0. The van der Waals surface area contributed by atoms with Crippen molar-refractivity contribution in [3.05, 3.63) is 24.3 Å². The normalized spacial score (nSPS) is 12.0. The first kappa shape index (κ1) is 14.5. The Balaban J connectivity index is 2.60. The Hall–Kier alpha value is -1.55. The van der Waals surface area contributed by atoms with Crippen molar-refractivity contribution in [1.82, 2.24) is 0 Å². The Bertz CT molecular complexity index is 374. The number of amides is 1. The van der Waals surface area contributed by atoms with E-state index in [2.05, 4.69) is 0 Å². The van der Waals surface area contributed by atoms with Gasteiger partial charge in [-0.05, 0) is 44.5 Å². The molecule has 4 nitrogen and oxygen atoms in total. The zero-order chi connectivity index (χ0) is 13.5. The molecule has 100 valence electrons. The first-order valence-corrected chi connectivity index (χ1v) is 6.29. The van der Waals surface area contributed by atoms with Crippen LogP contribution in [0, 0.1) is 0 Å². The highest BCUT2D eigenvalue weighted by atomic mass is 16.5. The van der Waals surface area contributed by atoms with E-state index in [1.807, 2.05) is 38.1 Å². The molecular weight excluding hydrogens is 228 g/mol. The predicted molar refractivity (Wildman–Crippen MR) is 73.9 cm³/mol. The lowest BCUT2D eigenvalue weighted by Crippen LogP contribution is -2.28. The highest BCUT2D eigenvalue weighted by Gasteiger charge is 2.11. The van der Waals surface area contributed by atoms with Crippen LogP contribution in [0.2, 0.25) is 0 Å². The number of carbonyl (C=O) groups is 1. The van der Waals surface area contributed by atoms with Gasteiger partial charge in [-0.1, -0.05) is 0 Å². The van der Waals surface area contributed by atoms with Gasteiger partial charge in [0, 0.05) is 25.2 Å². The van der Waals surface area contributed by atoms with Gasteiger partial charge >= 0.3 is 0 Å². The molecule has 0 bridgehead atoms. The van der Waals surface area contributed by atoms with Crippen LogP contribution in [0.15, 0.2) is 24.3 Å². The van der Waals surface area contributed by atoms with Gasteiger partial charge in [0.1, 0.15) is 5.75 Å². The van der Waals surface area contributed by atoms with Crippen LogP contribution in [0.1, 0.15) is 26.7 Å². The fourth-order valence-corrected chi connectivity index (χ4v) is 1.60. The molecule has 1 aromatic rings. The van der Waals surface area contributed by atoms with E-state index in [1.54, 1.807) is 11.9 Å². The molecule has 18 heavy (non-hydrogen) atoms. The third-order valence-corrected chi connectivity index (χ3v) is 2.72. The fraction of sp³-hybridized carbons (Fsp3) is 0.500. The van der Waals surface area contributed by atoms with E-state index >= 15 is 0 Å². The molecule has 2 N–H and O–H groups in total. The molecule has 0 aromatic heterocycles. The van der Waals surface area contributed by atoms with Crippen molar-refractivity contribution in [3.63, 3.8) is 0 Å². The molecule has 0 spiro atoms. The maximum atomic E-state index is 11.9. The van der Waals surface area contributed by atoms with Gasteiger partial charge in [-0.3, -0.25) is 4.79 Å². The van der Waals surface area contributed by atoms with E-state index in [1.165, 1.54) is 0 Å². The van der Waals surface area contributed by atoms with Crippen LogP contribution in [-0.2, 0) is 4.79 Å². The number of nitrogens with zero attached hydrogens (tertiary/aromatic N) is 1. The lowest BCUT2D eigenvalue weighted by Gasteiger charge is -2.18. The number of rotatable bonds is 6. The second kappa shape index (κ2) is 7.01. The SMILES string of the molecule is CCOc1ccc(N(C)C(=O)CCC(C)N)cc1. The Morgan fingerprint density at radius 3 is 2.50 bits per heavy atom. The summed E-state index contributed by atoms with van der Waals surface area (Å²) in [6.45, 7) is 4.49. The zero-order valence-electron chi connectivity index (χ0n) is 11.3. The van der Waals surface area contributed by atoms with Crippen molar-refractivity contribution in [3.8, 4) is 5.75 Å². The second-order valence-corrected chi connectivity index (χ2v) is 4.40. The van der Waals surface area contributed by atoms with Crippen molar-refractivity contribution in [2.24, 2.45) is 5.73 Å². The number of ether oxygens (including phenoxy) is 1. The van der Waals surface area contributed by atoms with Crippen LogP contribution in [0.5, 0.6) is 5.75 Å². The van der Waals surface area contributed by atoms with E-state index in [-0.39, 0.29) is 11.9 Å². The van der Waals surface area contributed by atoms with Gasteiger partial charge in [0.2, 0.25) is 5.91 Å². The molecule has 0 aliphatic heterocycles. The third kappa shape index (κ3) is 4.37. The van der Waals surface area contributed by atoms with Gasteiger partial charge in [-0.15, -0.1) is 0 Å². The van der Waals surface area contributed by atoms with Gasteiger partial charge < -0.3 is 15.4 Å². The maximum Gasteiger partial charge on any atom is 0.226 e. The minimum atomic E-state index is 0.0580. The average Bonchev–Trinajstić information content (AvgIpc) is 2.36. The lowest BCUT2D eigenvalue weighted by molar-refractivity contribution is -0.118. The maximum absolute atomic E-state index is 11.9. The van der Waals surface area contributed by atoms with E-state index < -0.39 is 0 Å². The highest BCUT2D eigenvalue weighted by molar-refractivity contribution is 5.92. The van der Waals surface area contributed by atoms with Crippen LogP contribution in [0.25, 0.3) is 0 Å². The molecule has 1 amide bonds. The summed E-state index contributed by atoms with van der Waals surface area (Å²) in [4.78, 5) is 13.5. The minimum Gasteiger partial charge on any atom is -0.494 e. The zero-order valence-corrected chi connectivity index (χ0v) is 11.3. The average molecular weight is 250 g/mol. The first-order valence-electron chi connectivity index (χ1n) is 6.29. The summed E-state index contributed by atoms with van der Waals surface area (Å²) in [5, 5.41) is 0. The molecule has 0 saturated heterocycles. The van der Waals surface area contributed by atoms with Gasteiger partial charge in [-0.25, -0.2) is 0 Å². The molecular formula is C14H22N2O2. The van der Waals surface area contributed by atoms with Gasteiger partial charge in [0.25, 0.3) is 0 Å². The Labute approximate surface area is 109 Å². The topological polar surface area (TPSA) is 55.6 Å². The summed E-state index contributed by atoms with van der Waals surface area (Å²) in [6.07, 6.45) is 1.18. The second-order valence-electron chi connectivity index (χ2n) is 4.40. The Morgan fingerprint density at radius 1 is 1.39 bits per heavy atom. The quantitative estimate of drug-likeness (QED) is 0.842. The fourth-order valence-electron chi connectivity index (χ4n) is 1.60. The van der Waals surface area contributed by atoms with Crippen molar-refractivity contribution >= 4 is 11.6 Å². The number of benzene rings is 1. The molecule has 0 saturated carbocycles. The molecule has 0 aliphatic carbocycles. The predicted octanol–water partition coefficient (Wildman–Crippen LogP) is 2.18. The van der Waals surface area contributed by atoms with Crippen molar-refractivity contribution < 1.29 is 9.53 Å². The molecule has 0 heterocycles. The monoisotopic (exact) mass is 250 g/mol. The number of nitrogens with two attached hydrogens (primary N) is 1. The first-order chi connectivity index (χ1) is 8.54. The number of anilines is 1. The smallest absolute Gasteiger partial charge is 0.226 e. The van der Waals surface area contributed by atoms with Crippen LogP contribution < -0.4 is 15.4 Å². The molecule has 1 aromatic carbocycles. The van der Waals surface area contributed by atoms with Crippen molar-refractivity contribution in [2.75, 3.05) is 18.6 Å². The van der Waals surface area contributed by atoms with E-state index in [0.717, 1.165) is 11.4 Å². The molecule has 4 heteroatoms. The molecule has 1 unspecified atom stereocenters. The van der Waals surface area contributed by atoms with Crippen LogP contribution in [-0.4, -0.2) is 25.6 Å². The molecule has 0 radical (unpaired) electrons. The van der Waals surface area contributed by atoms with Gasteiger partial charge in [-0.2, -0.15) is 0 Å². The van der Waals surface area contributed by atoms with Crippen molar-refractivity contribution in [1.29, 1.82) is 0 Å². The van der Waals surface area contributed by atoms with Gasteiger partial charge in [0.05, 0.1) is 6.61 Å². The van der Waals surface area contributed by atoms with Gasteiger partial charge in [0.15, 0.2) is 0 Å². The van der Waals surface area contributed by atoms with E-state index in [9.17, 15) is 4.79 Å². The van der Waals surface area contributed by atoms with E-state index in [0.29, 0.717) is 19.4 Å². The lowest BCUT2D eigenvalue weighted by atomic mass is 10.2. The minimum absolute atomic E-state index is 0.0580. The van der Waals surface area contributed by atoms with Crippen LogP contribution in [0.4, 0.5) is 5.69 Å². The summed E-state index contributed by atoms with van der Waals surface area (Å²) in [7, 11) is 1.78. The number of hydrogen-bond acceptors (Lipinski definition) is 3. The Kier molecular flexibility index (Phi) is 5.65. The molecule has 0 aliphatic rings. The summed E-state index contributed by atoms with van der Waals surface area (Å²) in [5.41, 5.74) is 6.51. The van der Waals surface area contributed by atoms with Crippen LogP contribution in [0.3, 0.4) is 0 Å². The van der Waals surface area contributed by atoms with Crippen LogP contribution >= 0.6 is 0 Å². The molecule has 1 atom stereocenters. The third-order valence-electron chi connectivity index (χ3n) is 2.72. The summed E-state index contributed by atoms with van der Waals surface area (Å²) in [6, 6.07) is 7.56. The van der Waals surface area contributed by atoms with Crippen molar-refractivity contribution in [2.45, 2.75) is 32.7 Å². The number of hydrogen-bond donors (Lipinski definition) is 1. The largest absolute Gasteiger partial charge is 0.494 e. The van der Waals surface area contributed by atoms with E-state index in [4.69, 9.17) is 10.5 Å². The standard InChI is InChI=1S/C14H22N2O2/c1-4-18-13-8-6-12(7-9-13)16(3)14(17)10-5-11(2)15/h6-9,11H,4-5,10,15H2,1-3H3. The number of carbonyl (C=O) groups excluding carboxylic acids is 1. The molecule has 1 rings (SSSR count). The summed E-state index contributed by atoms with van der Waals surface area (Å²) < 4.78 is 5.36. The molecule has 0 fully saturated rings. The summed E-state index contributed by atoms with van der Waals surface area (Å²) in [5.74, 6) is 0.897. The Morgan fingerprint density at radius 2 is 2.00 bits per heavy atom.